The number of hydrogen-bond donors (Lipinski definition) is 1. The van der Waals surface area contributed by atoms with Crippen LogP contribution in [-0.2, 0) is 23.0 Å². The number of amides is 1. The van der Waals surface area contributed by atoms with Crippen molar-refractivity contribution in [3.63, 3.8) is 0 Å². The van der Waals surface area contributed by atoms with Gasteiger partial charge in [-0.15, -0.1) is 0 Å². The molecule has 19 heavy (non-hydrogen) atoms. The number of alkyl carbamates (subject to hydrolysis) is 1. The third kappa shape index (κ3) is 4.39. The summed E-state index contributed by atoms with van der Waals surface area (Å²) in [5.41, 5.74) is 0.210. The second-order valence-electron chi connectivity index (χ2n) is 5.54. The molecule has 1 heterocycles. The molecule has 6 nitrogen and oxygen atoms in total. The Morgan fingerprint density at radius 1 is 1.47 bits per heavy atom. The number of methoxy groups -OCH3 is 1. The van der Waals surface area contributed by atoms with Crippen molar-refractivity contribution in [3.05, 3.63) is 18.2 Å². The second kappa shape index (κ2) is 5.86. The highest BCUT2D eigenvalue weighted by atomic mass is 16.5. The molecule has 0 aliphatic rings. The smallest absolute Gasteiger partial charge is 0.407 e. The predicted molar refractivity (Wildman–Crippen MR) is 70.7 cm³/mol. The van der Waals surface area contributed by atoms with Crippen molar-refractivity contribution in [2.24, 2.45) is 12.5 Å². The summed E-state index contributed by atoms with van der Waals surface area (Å²) in [6.45, 7) is 5.46. The molecule has 1 aromatic heterocycles. The third-order valence-electron chi connectivity index (χ3n) is 2.70. The quantitative estimate of drug-likeness (QED) is 0.892. The summed E-state index contributed by atoms with van der Waals surface area (Å²) in [5, 5.41) is 2.57. The second-order valence-corrected chi connectivity index (χ2v) is 5.54. The van der Waals surface area contributed by atoms with E-state index in [4.69, 9.17) is 0 Å². The number of nitrogens with zero attached hydrogens (tertiary/aromatic N) is 2. The van der Waals surface area contributed by atoms with Gasteiger partial charge < -0.3 is 14.6 Å². The summed E-state index contributed by atoms with van der Waals surface area (Å²) >= 11 is 0. The largest absolute Gasteiger partial charge is 0.453 e. The lowest BCUT2D eigenvalue weighted by atomic mass is 9.85. The van der Waals surface area contributed by atoms with Crippen LogP contribution in [0.25, 0.3) is 0 Å². The van der Waals surface area contributed by atoms with Crippen LogP contribution in [-0.4, -0.2) is 34.6 Å². The molecule has 1 N–H and O–H groups in total. The van der Waals surface area contributed by atoms with Crippen molar-refractivity contribution < 1.29 is 14.3 Å². The minimum absolute atomic E-state index is 0.0523. The van der Waals surface area contributed by atoms with E-state index in [0.29, 0.717) is 6.42 Å². The van der Waals surface area contributed by atoms with Crippen LogP contribution in [0.4, 0.5) is 4.79 Å². The molecule has 106 valence electrons. The SMILES string of the molecule is COC(=O)NC(Cc1cn(C)cn1)C(=O)C(C)(C)C. The molecule has 0 aliphatic heterocycles. The molecular weight excluding hydrogens is 246 g/mol. The van der Waals surface area contributed by atoms with Crippen LogP contribution >= 0.6 is 0 Å². The maximum absolute atomic E-state index is 12.3. The van der Waals surface area contributed by atoms with Gasteiger partial charge in [0.1, 0.15) is 0 Å². The minimum atomic E-state index is -0.637. The fourth-order valence-corrected chi connectivity index (χ4v) is 1.71. The van der Waals surface area contributed by atoms with Crippen LogP contribution < -0.4 is 5.32 Å². The van der Waals surface area contributed by atoms with E-state index in [1.807, 2.05) is 34.0 Å². The normalized spacial score (nSPS) is 12.9. The standard InChI is InChI=1S/C13H21N3O3/c1-13(2,3)11(17)10(15-12(18)19-5)6-9-7-16(4)8-14-9/h7-8,10H,6H2,1-5H3,(H,15,18). The fourth-order valence-electron chi connectivity index (χ4n) is 1.71. The van der Waals surface area contributed by atoms with Gasteiger partial charge in [0.05, 0.1) is 25.2 Å². The van der Waals surface area contributed by atoms with Crippen molar-refractivity contribution in [2.75, 3.05) is 7.11 Å². The van der Waals surface area contributed by atoms with E-state index < -0.39 is 17.6 Å². The maximum Gasteiger partial charge on any atom is 0.407 e. The van der Waals surface area contributed by atoms with Crippen molar-refractivity contribution in [3.8, 4) is 0 Å². The van der Waals surface area contributed by atoms with Gasteiger partial charge in [-0.25, -0.2) is 9.78 Å². The number of aryl methyl sites for hydroxylation is 1. The average molecular weight is 267 g/mol. The molecule has 1 aromatic rings. The van der Waals surface area contributed by atoms with Gasteiger partial charge in [-0.1, -0.05) is 20.8 Å². The number of ketones is 1. The van der Waals surface area contributed by atoms with Gasteiger partial charge in [-0.05, 0) is 0 Å². The number of hydrogen-bond acceptors (Lipinski definition) is 4. The van der Waals surface area contributed by atoms with Gasteiger partial charge >= 0.3 is 6.09 Å². The van der Waals surface area contributed by atoms with Crippen LogP contribution in [0.2, 0.25) is 0 Å². The highest BCUT2D eigenvalue weighted by molar-refractivity contribution is 5.91. The number of carbonyl (C=O) groups is 2. The number of ether oxygens (including phenoxy) is 1. The first-order valence-electron chi connectivity index (χ1n) is 6.09. The van der Waals surface area contributed by atoms with Crippen LogP contribution in [0, 0.1) is 5.41 Å². The fraction of sp³-hybridized carbons (Fsp3) is 0.615. The van der Waals surface area contributed by atoms with Gasteiger partial charge in [0.15, 0.2) is 5.78 Å². The summed E-state index contributed by atoms with van der Waals surface area (Å²) < 4.78 is 6.36. The number of aromatic nitrogens is 2. The number of nitrogens with one attached hydrogen (secondary N) is 1. The molecule has 0 radical (unpaired) electrons. The van der Waals surface area contributed by atoms with Gasteiger partial charge in [0, 0.05) is 25.1 Å². The first-order valence-corrected chi connectivity index (χ1v) is 6.09. The van der Waals surface area contributed by atoms with E-state index in [1.165, 1.54) is 7.11 Å². The molecule has 0 spiro atoms. The Balaban J connectivity index is 2.86. The van der Waals surface area contributed by atoms with Gasteiger partial charge in [0.25, 0.3) is 0 Å². The van der Waals surface area contributed by atoms with E-state index in [2.05, 4.69) is 15.0 Å². The summed E-state index contributed by atoms with van der Waals surface area (Å²) in [4.78, 5) is 27.8. The van der Waals surface area contributed by atoms with E-state index in [1.54, 1.807) is 10.9 Å². The van der Waals surface area contributed by atoms with E-state index in [0.717, 1.165) is 5.69 Å². The maximum atomic E-state index is 12.3. The molecule has 1 amide bonds. The Morgan fingerprint density at radius 3 is 2.53 bits per heavy atom. The first kappa shape index (κ1) is 15.2. The Kier molecular flexibility index (Phi) is 4.69. The number of rotatable bonds is 4. The predicted octanol–water partition coefficient (Wildman–Crippen LogP) is 1.30. The topological polar surface area (TPSA) is 73.2 Å². The Bertz CT molecular complexity index is 460. The Morgan fingerprint density at radius 2 is 2.11 bits per heavy atom. The zero-order valence-corrected chi connectivity index (χ0v) is 12.1. The van der Waals surface area contributed by atoms with Crippen LogP contribution in [0.15, 0.2) is 12.5 Å². The molecule has 0 aliphatic carbocycles. The number of Topliss-reactive ketones (excluding diaryl/α,β-unsaturated/α-hetero) is 1. The molecule has 0 aromatic carbocycles. The molecular formula is C13H21N3O3. The molecule has 1 unspecified atom stereocenters. The number of imidazole rings is 1. The summed E-state index contributed by atoms with van der Waals surface area (Å²) in [6, 6.07) is -0.637. The van der Waals surface area contributed by atoms with Gasteiger partial charge in [0.2, 0.25) is 0 Å². The Labute approximate surface area is 113 Å². The van der Waals surface area contributed by atoms with Crippen LogP contribution in [0.3, 0.4) is 0 Å². The molecule has 0 bridgehead atoms. The summed E-state index contributed by atoms with van der Waals surface area (Å²) in [6.07, 6.45) is 3.22. The molecule has 1 atom stereocenters. The lowest BCUT2D eigenvalue weighted by molar-refractivity contribution is -0.128. The van der Waals surface area contributed by atoms with E-state index >= 15 is 0 Å². The van der Waals surface area contributed by atoms with E-state index in [-0.39, 0.29) is 5.78 Å². The molecule has 0 fully saturated rings. The molecule has 0 saturated heterocycles. The molecule has 1 rings (SSSR count). The minimum Gasteiger partial charge on any atom is -0.453 e. The zero-order valence-electron chi connectivity index (χ0n) is 12.1. The van der Waals surface area contributed by atoms with Crippen molar-refractivity contribution in [1.82, 2.24) is 14.9 Å². The average Bonchev–Trinajstić information content (AvgIpc) is 2.71. The summed E-state index contributed by atoms with van der Waals surface area (Å²) in [7, 11) is 3.12. The lowest BCUT2D eigenvalue weighted by Crippen LogP contribution is -2.47. The van der Waals surface area contributed by atoms with Crippen LogP contribution in [0.5, 0.6) is 0 Å². The van der Waals surface area contributed by atoms with E-state index in [9.17, 15) is 9.59 Å². The van der Waals surface area contributed by atoms with Gasteiger partial charge in [-0.3, -0.25) is 4.79 Å². The molecule has 0 saturated carbocycles. The third-order valence-corrected chi connectivity index (χ3v) is 2.70. The summed E-state index contributed by atoms with van der Waals surface area (Å²) in [5.74, 6) is -0.0523. The first-order chi connectivity index (χ1) is 8.74. The number of carbonyl (C=O) groups excluding carboxylic acids is 2. The van der Waals surface area contributed by atoms with Crippen molar-refractivity contribution in [2.45, 2.75) is 33.2 Å². The monoisotopic (exact) mass is 267 g/mol. The zero-order chi connectivity index (χ0) is 14.6. The lowest BCUT2D eigenvalue weighted by Gasteiger charge is -2.24. The highest BCUT2D eigenvalue weighted by Crippen LogP contribution is 2.18. The van der Waals surface area contributed by atoms with Crippen LogP contribution in [0.1, 0.15) is 26.5 Å². The molecule has 6 heteroatoms. The Hall–Kier alpha value is -1.85. The highest BCUT2D eigenvalue weighted by Gasteiger charge is 2.31. The van der Waals surface area contributed by atoms with Gasteiger partial charge in [-0.2, -0.15) is 0 Å². The van der Waals surface area contributed by atoms with Crippen molar-refractivity contribution in [1.29, 1.82) is 0 Å². The van der Waals surface area contributed by atoms with Crippen molar-refractivity contribution >= 4 is 11.9 Å².